The Morgan fingerprint density at radius 3 is 0.653 bits per heavy atom. The van der Waals surface area contributed by atoms with Gasteiger partial charge in [-0.15, -0.1) is 0 Å². The second-order valence-electron chi connectivity index (χ2n) is 43.9. The van der Waals surface area contributed by atoms with E-state index in [-0.39, 0.29) is 17.1 Å². The van der Waals surface area contributed by atoms with Crippen molar-refractivity contribution in [3.8, 4) is 34.5 Å². The SMILES string of the molecule is CCCCCCCCCCCCCCCCOc1cc2c3ccccc3c3[nH]c(C(=O)/C=C(\OB(F)F)c4cc5c([nH]4)c4ccccc4c4cc(OCCCCCCCCCCCCCCCC)c(OCCCCCCCCCCCCCCCC)c(OCCCCCCCCCCCCCCCC)c45)cc3c2c(OCCCCCCCCCCCCCCCC)c1OCCCCCCCCCCCCCCCC. The Morgan fingerprint density at radius 1 is 0.229 bits per heavy atom. The Labute approximate surface area is 880 Å². The van der Waals surface area contributed by atoms with Crippen LogP contribution in [0.5, 0.6) is 34.5 Å². The van der Waals surface area contributed by atoms with Crippen molar-refractivity contribution >= 4 is 83.9 Å². The molecular formula is C131H213BF2N2O8. The van der Waals surface area contributed by atoms with Crippen molar-refractivity contribution in [2.45, 2.75) is 581 Å². The van der Waals surface area contributed by atoms with E-state index in [1.165, 1.54) is 449 Å². The molecule has 0 atom stereocenters. The largest absolute Gasteiger partial charge is 0.796 e. The Morgan fingerprint density at radius 2 is 0.424 bits per heavy atom. The summed E-state index contributed by atoms with van der Waals surface area (Å²) in [7, 11) is -3.26. The van der Waals surface area contributed by atoms with Gasteiger partial charge in [-0.05, 0) is 84.3 Å². The summed E-state index contributed by atoms with van der Waals surface area (Å²) in [5.74, 6) is 3.00. The number of ether oxygens (including phenoxy) is 6. The number of unbranched alkanes of at least 4 members (excludes halogenated alkanes) is 78. The maximum atomic E-state index is 15.8. The van der Waals surface area contributed by atoms with Crippen LogP contribution in [0.2, 0.25) is 0 Å². The highest BCUT2D eigenvalue weighted by Gasteiger charge is 2.30. The van der Waals surface area contributed by atoms with Gasteiger partial charge >= 0.3 is 7.47 Å². The van der Waals surface area contributed by atoms with Crippen LogP contribution in [0.1, 0.15) is 597 Å². The van der Waals surface area contributed by atoms with Crippen molar-refractivity contribution in [3.05, 3.63) is 90.3 Å². The number of aromatic nitrogens is 2. The van der Waals surface area contributed by atoms with Crippen molar-refractivity contribution < 1.29 is 46.5 Å². The zero-order valence-electron chi connectivity index (χ0n) is 93.7. The molecule has 0 radical (unpaired) electrons. The standard InChI is InChI=1S/C131H213BF2N2O8/c1-7-13-19-25-31-37-43-49-55-61-67-73-79-89-99-138-122-107-114-110-95-85-87-97-112(110)126-116(124(114)130(142-103-93-83-77-71-65-59-53-47-41-35-29-23-17-11-5)128(122)140-101-91-81-75-69-63-57-51-45-39-33-27-21-15-9-3)105-118(135-126)120(137)109-121(144-132(133)134)119-106-117-125-115(111-96-86-88-98-113(111)127(117)136-119)108-123(139-100-90-80-74-68-62-56-50-44-38-32-26-20-14-8-2)129(141-102-92-82-76-70-64-58-52-46-40-34-28-22-16-10-4)131(125)143-104-94-84-78-72-66-60-54-48-42-36-30-24-18-12-6/h85-88,95-98,105-109,135-136H,7-84,89-94,99-104H2,1-6H3/b121-109-. The number of aromatic amines is 2. The molecule has 13 heteroatoms. The van der Waals surface area contributed by atoms with Gasteiger partial charge in [-0.3, -0.25) is 4.79 Å². The molecule has 0 unspecified atom stereocenters. The lowest BCUT2D eigenvalue weighted by atomic mass is 9.96. The molecule has 0 saturated carbocycles. The van der Waals surface area contributed by atoms with E-state index in [0.717, 1.165) is 161 Å². The predicted octanol–water partition coefficient (Wildman–Crippen LogP) is 44.6. The first-order valence-electron chi connectivity index (χ1n) is 62.3. The molecule has 2 heterocycles. The highest BCUT2D eigenvalue weighted by atomic mass is 19.2. The van der Waals surface area contributed by atoms with Crippen molar-refractivity contribution in [1.29, 1.82) is 0 Å². The minimum absolute atomic E-state index is 0.229. The maximum absolute atomic E-state index is 15.8. The number of carbonyl (C=O) groups excluding carboxylic acids is 1. The van der Waals surface area contributed by atoms with Gasteiger partial charge in [0.05, 0.1) is 62.1 Å². The number of nitrogens with one attached hydrogen (secondary N) is 2. The lowest BCUT2D eigenvalue weighted by Crippen LogP contribution is -2.07. The third-order valence-electron chi connectivity index (χ3n) is 31.0. The van der Waals surface area contributed by atoms with E-state index in [0.29, 0.717) is 74.1 Å². The van der Waals surface area contributed by atoms with Crippen LogP contribution in [-0.4, -0.2) is 62.9 Å². The summed E-state index contributed by atoms with van der Waals surface area (Å²) in [4.78, 5) is 23.1. The monoisotopic (exact) mass is 1990 g/mol. The fraction of sp³-hybridized carbons (Fsp3) is 0.733. The van der Waals surface area contributed by atoms with Crippen LogP contribution in [0.25, 0.3) is 70.7 Å². The highest BCUT2D eigenvalue weighted by Crippen LogP contribution is 2.53. The van der Waals surface area contributed by atoms with Crippen molar-refractivity contribution in [1.82, 2.24) is 9.97 Å². The molecule has 0 spiro atoms. The van der Waals surface area contributed by atoms with E-state index in [1.54, 1.807) is 0 Å². The van der Waals surface area contributed by atoms with Crippen LogP contribution in [0.4, 0.5) is 8.63 Å². The molecule has 0 aliphatic heterocycles. The third kappa shape index (κ3) is 49.9. The van der Waals surface area contributed by atoms with Gasteiger partial charge in [0, 0.05) is 38.4 Å². The quantitative estimate of drug-likeness (QED) is 0.00968. The van der Waals surface area contributed by atoms with Crippen LogP contribution in [-0.2, 0) is 4.65 Å². The summed E-state index contributed by atoms with van der Waals surface area (Å²) in [6, 6.07) is 24.9. The van der Waals surface area contributed by atoms with Gasteiger partial charge < -0.3 is 43.0 Å². The predicted molar refractivity (Wildman–Crippen MR) is 623 cm³/mol. The smallest absolute Gasteiger partial charge is 0.503 e. The molecule has 0 amide bonds. The van der Waals surface area contributed by atoms with Gasteiger partial charge in [0.2, 0.25) is 17.3 Å². The van der Waals surface area contributed by atoms with Gasteiger partial charge in [0.15, 0.2) is 23.0 Å². The molecule has 0 fully saturated rings. The summed E-state index contributed by atoms with van der Waals surface area (Å²) >= 11 is 0. The molecule has 8 aromatic rings. The van der Waals surface area contributed by atoms with Gasteiger partial charge in [-0.1, -0.05) is 591 Å². The molecular weight excluding hydrogens is 1780 g/mol. The fourth-order valence-corrected chi connectivity index (χ4v) is 22.1. The number of hydrogen-bond acceptors (Lipinski definition) is 8. The summed E-state index contributed by atoms with van der Waals surface area (Å²) in [5, 5.41) is 8.78. The first-order chi connectivity index (χ1) is 71.3. The van der Waals surface area contributed by atoms with E-state index in [4.69, 9.17) is 33.1 Å². The molecule has 0 bridgehead atoms. The third-order valence-corrected chi connectivity index (χ3v) is 31.0. The highest BCUT2D eigenvalue weighted by molar-refractivity contribution is 6.36. The number of benzene rings is 6. The molecule has 2 aromatic heterocycles. The lowest BCUT2D eigenvalue weighted by Gasteiger charge is -2.21. The van der Waals surface area contributed by atoms with E-state index < -0.39 is 13.3 Å². The van der Waals surface area contributed by atoms with Crippen LogP contribution in [0.15, 0.2) is 78.9 Å². The first-order valence-corrected chi connectivity index (χ1v) is 62.3. The summed E-state index contributed by atoms with van der Waals surface area (Å²) in [5.41, 5.74) is 1.94. The molecule has 812 valence electrons. The Bertz CT molecular complexity index is 4550. The average molecular weight is 1990 g/mol. The normalized spacial score (nSPS) is 12.0. The number of fused-ring (bicyclic) bond motifs is 12. The molecule has 6 aromatic carbocycles. The number of carbonyl (C=O) groups is 1. The van der Waals surface area contributed by atoms with Crippen LogP contribution in [0.3, 0.4) is 0 Å². The fourth-order valence-electron chi connectivity index (χ4n) is 22.1. The molecule has 0 aliphatic rings. The van der Waals surface area contributed by atoms with Crippen molar-refractivity contribution in [2.75, 3.05) is 39.6 Å². The Hall–Kier alpha value is -6.63. The molecule has 0 aliphatic carbocycles. The minimum atomic E-state index is -3.26. The number of rotatable bonds is 101. The number of ketones is 1. The molecule has 144 heavy (non-hydrogen) atoms. The van der Waals surface area contributed by atoms with Crippen LogP contribution < -0.4 is 28.4 Å². The maximum Gasteiger partial charge on any atom is 0.796 e. The van der Waals surface area contributed by atoms with Crippen LogP contribution >= 0.6 is 0 Å². The number of H-pyrrole nitrogens is 2. The van der Waals surface area contributed by atoms with Gasteiger partial charge in [-0.2, -0.15) is 0 Å². The molecule has 8 rings (SSSR count). The molecule has 2 N–H and O–H groups in total. The van der Waals surface area contributed by atoms with Gasteiger partial charge in [0.25, 0.3) is 0 Å². The second kappa shape index (κ2) is 82.2. The van der Waals surface area contributed by atoms with E-state index >= 15 is 13.4 Å². The zero-order chi connectivity index (χ0) is 101. The van der Waals surface area contributed by atoms with Crippen LogP contribution in [0, 0.1) is 0 Å². The topological polar surface area (TPSA) is 113 Å². The van der Waals surface area contributed by atoms with Gasteiger partial charge in [0.1, 0.15) is 5.76 Å². The van der Waals surface area contributed by atoms with Crippen molar-refractivity contribution in [3.63, 3.8) is 0 Å². The summed E-state index contributed by atoms with van der Waals surface area (Å²) < 4.78 is 80.3. The second-order valence-corrected chi connectivity index (χ2v) is 43.9. The van der Waals surface area contributed by atoms with Crippen molar-refractivity contribution in [2.24, 2.45) is 0 Å². The molecule has 0 saturated heterocycles. The number of hydrogen-bond donors (Lipinski definition) is 2. The first kappa shape index (κ1) is 123. The molecule has 10 nitrogen and oxygen atoms in total. The summed E-state index contributed by atoms with van der Waals surface area (Å²) in [6.07, 6.45) is 108. The lowest BCUT2D eigenvalue weighted by molar-refractivity contribution is 0.104. The number of halogens is 2. The zero-order valence-corrected chi connectivity index (χ0v) is 93.7. The van der Waals surface area contributed by atoms with Gasteiger partial charge in [-0.25, -0.2) is 8.63 Å². The number of allylic oxidation sites excluding steroid dienone is 1. The van der Waals surface area contributed by atoms with E-state index in [2.05, 4.69) is 100 Å². The summed E-state index contributed by atoms with van der Waals surface area (Å²) in [6.45, 7) is 16.8. The van der Waals surface area contributed by atoms with E-state index in [9.17, 15) is 0 Å². The van der Waals surface area contributed by atoms with E-state index in [1.807, 2.05) is 24.3 Å². The average Bonchev–Trinajstić information content (AvgIpc) is 1.52. The minimum Gasteiger partial charge on any atom is -0.503 e. The Kier molecular flexibility index (Phi) is 70.0. The Balaban J connectivity index is 1.14.